The lowest BCUT2D eigenvalue weighted by Gasteiger charge is -2.05. The zero-order valence-corrected chi connectivity index (χ0v) is 13.2. The molecule has 2 aromatic rings. The van der Waals surface area contributed by atoms with Gasteiger partial charge in [-0.25, -0.2) is 0 Å². The van der Waals surface area contributed by atoms with Crippen molar-refractivity contribution in [3.8, 4) is 0 Å². The van der Waals surface area contributed by atoms with Gasteiger partial charge in [-0.2, -0.15) is 0 Å². The normalized spacial score (nSPS) is 12.8. The highest BCUT2D eigenvalue weighted by Gasteiger charge is 2.03. The van der Waals surface area contributed by atoms with Gasteiger partial charge in [-0.15, -0.1) is 0 Å². The Morgan fingerprint density at radius 3 is 2.32 bits per heavy atom. The Kier molecular flexibility index (Phi) is 5.52. The van der Waals surface area contributed by atoms with Crippen molar-refractivity contribution in [1.82, 2.24) is 0 Å². The maximum atomic E-state index is 11.9. The summed E-state index contributed by atoms with van der Waals surface area (Å²) >= 11 is 8.17. The number of benzene rings is 2. The summed E-state index contributed by atoms with van der Waals surface area (Å²) in [7, 11) is 0. The first-order valence-corrected chi connectivity index (χ1v) is 8.24. The smallest absolute Gasteiger partial charge is 0.135 e. The lowest BCUT2D eigenvalue weighted by atomic mass is 10.2. The van der Waals surface area contributed by atoms with Crippen LogP contribution in [0.25, 0.3) is 6.08 Å². The van der Waals surface area contributed by atoms with Gasteiger partial charge < -0.3 is 4.55 Å². The van der Waals surface area contributed by atoms with Gasteiger partial charge in [0, 0.05) is 15.1 Å². The van der Waals surface area contributed by atoms with Crippen LogP contribution in [-0.4, -0.2) is 4.55 Å². The molecule has 0 aromatic heterocycles. The van der Waals surface area contributed by atoms with Gasteiger partial charge in [0.05, 0.1) is 0 Å². The Labute approximate surface area is 129 Å². The van der Waals surface area contributed by atoms with Crippen LogP contribution >= 0.6 is 27.5 Å². The average Bonchev–Trinajstić information content (AvgIpc) is 2.41. The quantitative estimate of drug-likeness (QED) is 0.706. The zero-order valence-electron chi connectivity index (χ0n) is 10.1. The Balaban J connectivity index is 1.95. The first-order chi connectivity index (χ1) is 9.13. The number of hydrogen-bond acceptors (Lipinski definition) is 1. The van der Waals surface area contributed by atoms with Crippen LogP contribution in [0.3, 0.4) is 0 Å². The predicted octanol–water partition coefficient (Wildman–Crippen LogP) is 5.02. The highest BCUT2D eigenvalue weighted by Crippen LogP contribution is 2.15. The largest absolute Gasteiger partial charge is 0.612 e. The van der Waals surface area contributed by atoms with Crippen LogP contribution in [0.5, 0.6) is 0 Å². The van der Waals surface area contributed by atoms with E-state index in [0.717, 1.165) is 15.6 Å². The second kappa shape index (κ2) is 7.15. The molecule has 0 spiro atoms. The van der Waals surface area contributed by atoms with Gasteiger partial charge >= 0.3 is 0 Å². The molecule has 19 heavy (non-hydrogen) atoms. The molecule has 0 aliphatic rings. The molecule has 0 N–H and O–H groups in total. The number of halogens is 2. The Morgan fingerprint density at radius 2 is 1.68 bits per heavy atom. The maximum Gasteiger partial charge on any atom is 0.135 e. The third-order valence-corrected chi connectivity index (χ3v) is 4.34. The van der Waals surface area contributed by atoms with Crippen molar-refractivity contribution in [1.29, 1.82) is 0 Å². The van der Waals surface area contributed by atoms with E-state index in [-0.39, 0.29) is 0 Å². The summed E-state index contributed by atoms with van der Waals surface area (Å²) in [5.74, 6) is 0.504. The highest BCUT2D eigenvalue weighted by atomic mass is 79.9. The van der Waals surface area contributed by atoms with Crippen LogP contribution < -0.4 is 0 Å². The lowest BCUT2D eigenvalue weighted by Crippen LogP contribution is -1.99. The van der Waals surface area contributed by atoms with E-state index in [1.165, 1.54) is 0 Å². The van der Waals surface area contributed by atoms with Crippen molar-refractivity contribution in [3.63, 3.8) is 0 Å². The summed E-state index contributed by atoms with van der Waals surface area (Å²) in [5.41, 5.74) is 2.05. The van der Waals surface area contributed by atoms with E-state index < -0.39 is 11.2 Å². The summed E-state index contributed by atoms with van der Waals surface area (Å²) in [6.07, 6.45) is 1.87. The first-order valence-electron chi connectivity index (χ1n) is 5.69. The molecule has 1 atom stereocenters. The topological polar surface area (TPSA) is 23.1 Å². The maximum absolute atomic E-state index is 11.9. The highest BCUT2D eigenvalue weighted by molar-refractivity contribution is 9.10. The fourth-order valence-corrected chi connectivity index (χ4v) is 2.84. The molecule has 98 valence electrons. The van der Waals surface area contributed by atoms with Crippen molar-refractivity contribution < 1.29 is 4.55 Å². The standard InChI is InChI=1S/C15H12BrClOS/c16-14-5-1-12(2-6-14)9-10-19(18)11-13-3-7-15(17)8-4-13/h1-10H,11H2/b10-9-. The van der Waals surface area contributed by atoms with Crippen molar-refractivity contribution in [2.24, 2.45) is 0 Å². The molecule has 0 aliphatic heterocycles. The predicted molar refractivity (Wildman–Crippen MR) is 86.5 cm³/mol. The summed E-state index contributed by atoms with van der Waals surface area (Å²) in [5, 5.41) is 2.41. The van der Waals surface area contributed by atoms with E-state index in [0.29, 0.717) is 10.8 Å². The molecular weight excluding hydrogens is 344 g/mol. The molecule has 0 heterocycles. The second-order valence-corrected chi connectivity index (χ2v) is 6.68. The minimum absolute atomic E-state index is 0.504. The second-order valence-electron chi connectivity index (χ2n) is 4.01. The molecular formula is C15H12BrClOS. The molecule has 0 saturated heterocycles. The molecule has 1 unspecified atom stereocenters. The van der Waals surface area contributed by atoms with Crippen LogP contribution in [0.4, 0.5) is 0 Å². The minimum Gasteiger partial charge on any atom is -0.612 e. The monoisotopic (exact) mass is 354 g/mol. The van der Waals surface area contributed by atoms with Gasteiger partial charge in [-0.05, 0) is 47.1 Å². The Hall–Kier alpha value is -0.740. The van der Waals surface area contributed by atoms with Crippen LogP contribution in [0.15, 0.2) is 58.4 Å². The van der Waals surface area contributed by atoms with Crippen LogP contribution in [-0.2, 0) is 16.9 Å². The Morgan fingerprint density at radius 1 is 1.05 bits per heavy atom. The SMILES string of the molecule is [O-][S+](/C=C\c1ccc(Br)cc1)Cc1ccc(Cl)cc1. The van der Waals surface area contributed by atoms with Crippen molar-refractivity contribution in [2.45, 2.75) is 5.75 Å². The van der Waals surface area contributed by atoms with E-state index in [1.54, 1.807) is 5.41 Å². The molecule has 2 aromatic carbocycles. The molecule has 0 bridgehead atoms. The van der Waals surface area contributed by atoms with E-state index in [4.69, 9.17) is 11.6 Å². The minimum atomic E-state index is -1.02. The molecule has 2 rings (SSSR count). The third-order valence-electron chi connectivity index (χ3n) is 2.50. The van der Waals surface area contributed by atoms with E-state index >= 15 is 0 Å². The van der Waals surface area contributed by atoms with Crippen LogP contribution in [0.1, 0.15) is 11.1 Å². The molecule has 0 saturated carbocycles. The van der Waals surface area contributed by atoms with Crippen LogP contribution in [0.2, 0.25) is 5.02 Å². The fraction of sp³-hybridized carbons (Fsp3) is 0.0667. The molecule has 0 radical (unpaired) electrons. The van der Waals surface area contributed by atoms with Gasteiger partial charge in [-0.3, -0.25) is 0 Å². The molecule has 1 nitrogen and oxygen atoms in total. The Bertz CT molecular complexity index is 551. The molecule has 0 fully saturated rings. The number of rotatable bonds is 4. The van der Waals surface area contributed by atoms with E-state index in [1.807, 2.05) is 54.6 Å². The summed E-state index contributed by atoms with van der Waals surface area (Å²) < 4.78 is 13.0. The first kappa shape index (κ1) is 14.7. The van der Waals surface area contributed by atoms with Gasteiger partial charge in [-0.1, -0.05) is 51.8 Å². The van der Waals surface area contributed by atoms with Crippen molar-refractivity contribution >= 4 is 44.8 Å². The zero-order chi connectivity index (χ0) is 13.7. The van der Waals surface area contributed by atoms with Crippen molar-refractivity contribution in [2.75, 3.05) is 0 Å². The molecule has 4 heteroatoms. The summed E-state index contributed by atoms with van der Waals surface area (Å²) in [4.78, 5) is 0. The summed E-state index contributed by atoms with van der Waals surface area (Å²) in [6.45, 7) is 0. The molecule has 0 aliphatic carbocycles. The average molecular weight is 356 g/mol. The summed E-state index contributed by atoms with van der Waals surface area (Å²) in [6, 6.07) is 15.3. The third kappa shape index (κ3) is 5.03. The lowest BCUT2D eigenvalue weighted by molar-refractivity contribution is 0.603. The van der Waals surface area contributed by atoms with Crippen molar-refractivity contribution in [3.05, 3.63) is 74.6 Å². The van der Waals surface area contributed by atoms with Gasteiger partial charge in [0.25, 0.3) is 0 Å². The van der Waals surface area contributed by atoms with Gasteiger partial charge in [0.1, 0.15) is 11.2 Å². The van der Waals surface area contributed by atoms with Gasteiger partial charge in [0.2, 0.25) is 0 Å². The van der Waals surface area contributed by atoms with E-state index in [2.05, 4.69) is 15.9 Å². The molecule has 0 amide bonds. The fourth-order valence-electron chi connectivity index (χ4n) is 1.52. The van der Waals surface area contributed by atoms with Gasteiger partial charge in [0.15, 0.2) is 0 Å². The number of hydrogen-bond donors (Lipinski definition) is 0. The van der Waals surface area contributed by atoms with E-state index in [9.17, 15) is 4.55 Å². The van der Waals surface area contributed by atoms with Crippen LogP contribution in [0, 0.1) is 0 Å².